The predicted molar refractivity (Wildman–Crippen MR) is 76.4 cm³/mol. The summed E-state index contributed by atoms with van der Waals surface area (Å²) in [4.78, 5) is 1.88. The number of hydrogen-bond donors (Lipinski definition) is 1. The topological polar surface area (TPSA) is 23.5 Å². The van der Waals surface area contributed by atoms with Crippen molar-refractivity contribution in [3.63, 3.8) is 0 Å². The summed E-state index contributed by atoms with van der Waals surface area (Å²) in [6.07, 6.45) is -4.55. The minimum Gasteiger partial charge on any atom is -0.507 e. The average Bonchev–Trinajstić information content (AvgIpc) is 2.40. The van der Waals surface area contributed by atoms with E-state index in [0.29, 0.717) is 12.1 Å². The quantitative estimate of drug-likeness (QED) is 0.909. The number of phenolic OH excluding ortho intramolecular Hbond substituents is 1. The van der Waals surface area contributed by atoms with Gasteiger partial charge in [-0.1, -0.05) is 24.3 Å². The van der Waals surface area contributed by atoms with Crippen LogP contribution in [0.25, 0.3) is 0 Å². The fourth-order valence-corrected chi connectivity index (χ4v) is 2.26. The number of aryl methyl sites for hydroxylation is 1. The first-order valence-corrected chi connectivity index (χ1v) is 6.45. The van der Waals surface area contributed by atoms with Crippen LogP contribution >= 0.6 is 0 Å². The average molecular weight is 295 g/mol. The molecule has 0 aliphatic rings. The number of halogens is 3. The molecule has 0 spiro atoms. The third-order valence-electron chi connectivity index (χ3n) is 3.31. The van der Waals surface area contributed by atoms with Crippen molar-refractivity contribution < 1.29 is 18.3 Å². The van der Waals surface area contributed by atoms with Crippen LogP contribution in [0, 0.1) is 6.92 Å². The number of para-hydroxylation sites is 1. The van der Waals surface area contributed by atoms with Crippen molar-refractivity contribution in [2.24, 2.45) is 0 Å². The van der Waals surface area contributed by atoms with Crippen molar-refractivity contribution >= 4 is 5.69 Å². The van der Waals surface area contributed by atoms with Crippen molar-refractivity contribution in [2.45, 2.75) is 19.6 Å². The molecule has 112 valence electrons. The van der Waals surface area contributed by atoms with E-state index in [1.165, 1.54) is 6.07 Å². The molecule has 0 unspecified atom stereocenters. The second-order valence-electron chi connectivity index (χ2n) is 4.99. The first kappa shape index (κ1) is 15.2. The van der Waals surface area contributed by atoms with Gasteiger partial charge in [0, 0.05) is 19.3 Å². The van der Waals surface area contributed by atoms with Gasteiger partial charge in [0.25, 0.3) is 0 Å². The Balaban J connectivity index is 2.26. The van der Waals surface area contributed by atoms with Crippen molar-refractivity contribution in [2.75, 3.05) is 11.9 Å². The van der Waals surface area contributed by atoms with Gasteiger partial charge in [0.15, 0.2) is 0 Å². The molecule has 0 aromatic heterocycles. The van der Waals surface area contributed by atoms with E-state index < -0.39 is 17.5 Å². The Morgan fingerprint density at radius 1 is 1.10 bits per heavy atom. The molecule has 5 heteroatoms. The highest BCUT2D eigenvalue weighted by Crippen LogP contribution is 2.36. The molecule has 0 atom stereocenters. The summed E-state index contributed by atoms with van der Waals surface area (Å²) in [5.41, 5.74) is 1.50. The molecule has 0 saturated carbocycles. The Bertz CT molecular complexity index is 638. The fraction of sp³-hybridized carbons (Fsp3) is 0.250. The third-order valence-corrected chi connectivity index (χ3v) is 3.31. The van der Waals surface area contributed by atoms with Gasteiger partial charge >= 0.3 is 6.18 Å². The largest absolute Gasteiger partial charge is 0.507 e. The van der Waals surface area contributed by atoms with Crippen LogP contribution in [0.3, 0.4) is 0 Å². The highest BCUT2D eigenvalue weighted by Gasteiger charge is 2.34. The van der Waals surface area contributed by atoms with Crippen molar-refractivity contribution in [3.8, 4) is 5.75 Å². The summed E-state index contributed by atoms with van der Waals surface area (Å²) in [5.74, 6) is -0.746. The number of aromatic hydroxyl groups is 1. The molecule has 0 fully saturated rings. The van der Waals surface area contributed by atoms with E-state index in [4.69, 9.17) is 0 Å². The first-order valence-electron chi connectivity index (χ1n) is 6.45. The van der Waals surface area contributed by atoms with Crippen LogP contribution in [-0.2, 0) is 12.7 Å². The number of phenols is 1. The van der Waals surface area contributed by atoms with Gasteiger partial charge in [-0.2, -0.15) is 13.2 Å². The van der Waals surface area contributed by atoms with Gasteiger partial charge in [0.1, 0.15) is 5.75 Å². The molecule has 0 bridgehead atoms. The van der Waals surface area contributed by atoms with Gasteiger partial charge in [-0.3, -0.25) is 0 Å². The lowest BCUT2D eigenvalue weighted by molar-refractivity contribution is -0.138. The van der Waals surface area contributed by atoms with Gasteiger partial charge < -0.3 is 10.0 Å². The van der Waals surface area contributed by atoms with Crippen LogP contribution in [0.2, 0.25) is 0 Å². The van der Waals surface area contributed by atoms with Crippen LogP contribution in [-0.4, -0.2) is 12.2 Å². The SMILES string of the molecule is Cc1ccccc1N(C)Cc1ccc(O)c(C(F)(F)F)c1. The second kappa shape index (κ2) is 5.68. The van der Waals surface area contributed by atoms with Crippen molar-refractivity contribution in [3.05, 3.63) is 59.2 Å². The van der Waals surface area contributed by atoms with E-state index in [2.05, 4.69) is 0 Å². The number of nitrogens with zero attached hydrogens (tertiary/aromatic N) is 1. The molecular formula is C16H16F3NO. The summed E-state index contributed by atoms with van der Waals surface area (Å²) < 4.78 is 38.3. The minimum absolute atomic E-state index is 0.328. The predicted octanol–water partition coefficient (Wildman–Crippen LogP) is 4.36. The molecule has 0 radical (unpaired) electrons. The molecule has 1 N–H and O–H groups in total. The maximum atomic E-state index is 12.8. The van der Waals surface area contributed by atoms with Crippen LogP contribution in [0.4, 0.5) is 18.9 Å². The molecule has 0 amide bonds. The van der Waals surface area contributed by atoms with E-state index in [-0.39, 0.29) is 0 Å². The Kier molecular flexibility index (Phi) is 4.11. The van der Waals surface area contributed by atoms with Crippen LogP contribution in [0.1, 0.15) is 16.7 Å². The smallest absolute Gasteiger partial charge is 0.419 e. The molecule has 2 rings (SSSR count). The summed E-state index contributed by atoms with van der Waals surface area (Å²) in [5, 5.41) is 9.33. The number of hydrogen-bond acceptors (Lipinski definition) is 2. The zero-order valence-electron chi connectivity index (χ0n) is 11.8. The maximum Gasteiger partial charge on any atom is 0.419 e. The van der Waals surface area contributed by atoms with Gasteiger partial charge in [-0.25, -0.2) is 0 Å². The van der Waals surface area contributed by atoms with Crippen LogP contribution in [0.5, 0.6) is 5.75 Å². The maximum absolute atomic E-state index is 12.8. The fourth-order valence-electron chi connectivity index (χ4n) is 2.26. The Morgan fingerprint density at radius 3 is 2.38 bits per heavy atom. The second-order valence-corrected chi connectivity index (χ2v) is 4.99. The lowest BCUT2D eigenvalue weighted by Gasteiger charge is -2.22. The Hall–Kier alpha value is -2.17. The first-order chi connectivity index (χ1) is 9.79. The number of benzene rings is 2. The monoisotopic (exact) mass is 295 g/mol. The van der Waals surface area contributed by atoms with Crippen molar-refractivity contribution in [1.82, 2.24) is 0 Å². The summed E-state index contributed by atoms with van der Waals surface area (Å²) in [6.45, 7) is 2.28. The summed E-state index contributed by atoms with van der Waals surface area (Å²) in [6, 6.07) is 11.2. The standard InChI is InChI=1S/C16H16F3NO/c1-11-5-3-4-6-14(11)20(2)10-12-7-8-15(21)13(9-12)16(17,18)19/h3-9,21H,10H2,1-2H3. The molecule has 0 saturated heterocycles. The zero-order valence-corrected chi connectivity index (χ0v) is 11.8. The lowest BCUT2D eigenvalue weighted by atomic mass is 10.1. The van der Waals surface area contributed by atoms with Gasteiger partial charge in [0.05, 0.1) is 5.56 Å². The number of rotatable bonds is 3. The highest BCUT2D eigenvalue weighted by molar-refractivity contribution is 5.53. The zero-order chi connectivity index (χ0) is 15.6. The molecule has 0 aliphatic heterocycles. The normalized spacial score (nSPS) is 11.5. The Morgan fingerprint density at radius 2 is 1.76 bits per heavy atom. The van der Waals surface area contributed by atoms with Gasteiger partial charge in [-0.05, 0) is 36.2 Å². The third kappa shape index (κ3) is 3.48. The van der Waals surface area contributed by atoms with E-state index >= 15 is 0 Å². The van der Waals surface area contributed by atoms with E-state index in [9.17, 15) is 18.3 Å². The Labute approximate surface area is 121 Å². The van der Waals surface area contributed by atoms with Gasteiger partial charge in [-0.15, -0.1) is 0 Å². The van der Waals surface area contributed by atoms with Gasteiger partial charge in [0.2, 0.25) is 0 Å². The highest BCUT2D eigenvalue weighted by atomic mass is 19.4. The molecule has 2 aromatic carbocycles. The van der Waals surface area contributed by atoms with Crippen LogP contribution in [0.15, 0.2) is 42.5 Å². The molecule has 2 nitrogen and oxygen atoms in total. The molecule has 21 heavy (non-hydrogen) atoms. The number of anilines is 1. The van der Waals surface area contributed by atoms with Crippen molar-refractivity contribution in [1.29, 1.82) is 0 Å². The molecular weight excluding hydrogens is 279 g/mol. The molecule has 0 aliphatic carbocycles. The molecule has 0 heterocycles. The lowest BCUT2D eigenvalue weighted by Crippen LogP contribution is -2.18. The van der Waals surface area contributed by atoms with E-state index in [1.54, 1.807) is 0 Å². The number of alkyl halides is 3. The molecule has 2 aromatic rings. The minimum atomic E-state index is -4.55. The summed E-state index contributed by atoms with van der Waals surface area (Å²) in [7, 11) is 1.82. The van der Waals surface area contributed by atoms with Crippen LogP contribution < -0.4 is 4.90 Å². The van der Waals surface area contributed by atoms with E-state index in [1.807, 2.05) is 43.1 Å². The summed E-state index contributed by atoms with van der Waals surface area (Å²) >= 11 is 0. The van der Waals surface area contributed by atoms with E-state index in [0.717, 1.165) is 23.4 Å².